The van der Waals surface area contributed by atoms with Crippen molar-refractivity contribution in [2.24, 2.45) is 0 Å². The first-order valence-electron chi connectivity index (χ1n) is 6.15. The molecule has 0 fully saturated rings. The molecule has 0 spiro atoms. The Hall–Kier alpha value is -0.940. The highest BCUT2D eigenvalue weighted by molar-refractivity contribution is 9.10. The lowest BCUT2D eigenvalue weighted by Gasteiger charge is -2.20. The fraction of sp³-hybridized carbons (Fsp3) is 0.429. The molecule has 0 radical (unpaired) electrons. The van der Waals surface area contributed by atoms with Crippen LogP contribution in [-0.4, -0.2) is 17.0 Å². The highest BCUT2D eigenvalue weighted by Gasteiger charge is 2.22. The van der Waals surface area contributed by atoms with Crippen molar-refractivity contribution in [2.45, 2.75) is 33.1 Å². The lowest BCUT2D eigenvalue weighted by atomic mass is 9.95. The van der Waals surface area contributed by atoms with E-state index in [0.717, 1.165) is 32.2 Å². The van der Waals surface area contributed by atoms with Crippen LogP contribution in [0.25, 0.3) is 10.6 Å². The Labute approximate surface area is 126 Å². The number of anilines is 1. The Morgan fingerprint density at radius 3 is 2.42 bits per heavy atom. The average Bonchev–Trinajstić information content (AvgIpc) is 2.74. The van der Waals surface area contributed by atoms with E-state index in [1.807, 2.05) is 7.05 Å². The zero-order chi connectivity index (χ0) is 14.2. The molecule has 0 saturated heterocycles. The molecule has 102 valence electrons. The molecule has 0 aliphatic carbocycles. The molecule has 0 unspecified atom stereocenters. The van der Waals surface area contributed by atoms with Crippen LogP contribution in [0, 0.1) is 6.92 Å². The predicted molar refractivity (Wildman–Crippen MR) is 86.0 cm³/mol. The Morgan fingerprint density at radius 1 is 1.26 bits per heavy atom. The SMILES string of the molecule is CNc1nc(C(C)(C)C)nc(-c2sccc2Br)c1C. The zero-order valence-corrected chi connectivity index (χ0v) is 14.2. The minimum atomic E-state index is -0.0716. The second-order valence-corrected chi connectivity index (χ2v) is 7.24. The van der Waals surface area contributed by atoms with E-state index in [0.29, 0.717) is 0 Å². The van der Waals surface area contributed by atoms with Gasteiger partial charge in [0, 0.05) is 22.5 Å². The van der Waals surface area contributed by atoms with Crippen molar-refractivity contribution in [1.82, 2.24) is 9.97 Å². The highest BCUT2D eigenvalue weighted by Crippen LogP contribution is 2.37. The number of nitrogens with zero attached hydrogens (tertiary/aromatic N) is 2. The molecule has 1 N–H and O–H groups in total. The van der Waals surface area contributed by atoms with E-state index in [1.54, 1.807) is 11.3 Å². The van der Waals surface area contributed by atoms with Crippen LogP contribution in [0.15, 0.2) is 15.9 Å². The van der Waals surface area contributed by atoms with E-state index in [-0.39, 0.29) is 5.41 Å². The third-order valence-corrected chi connectivity index (χ3v) is 4.73. The van der Waals surface area contributed by atoms with Gasteiger partial charge in [-0.05, 0) is 34.3 Å². The lowest BCUT2D eigenvalue weighted by molar-refractivity contribution is 0.546. The third kappa shape index (κ3) is 2.82. The number of aromatic nitrogens is 2. The van der Waals surface area contributed by atoms with Crippen LogP contribution in [0.3, 0.4) is 0 Å². The molecular formula is C14H18BrN3S. The Bertz CT molecular complexity index is 599. The Kier molecular flexibility index (Phi) is 3.97. The van der Waals surface area contributed by atoms with Crippen LogP contribution in [0.1, 0.15) is 32.2 Å². The molecule has 2 aromatic heterocycles. The number of hydrogen-bond acceptors (Lipinski definition) is 4. The molecule has 5 heteroatoms. The van der Waals surface area contributed by atoms with Gasteiger partial charge in [-0.15, -0.1) is 11.3 Å². The van der Waals surface area contributed by atoms with Gasteiger partial charge >= 0.3 is 0 Å². The van der Waals surface area contributed by atoms with Crippen molar-refractivity contribution in [1.29, 1.82) is 0 Å². The van der Waals surface area contributed by atoms with Crippen LogP contribution in [0.5, 0.6) is 0 Å². The van der Waals surface area contributed by atoms with Gasteiger partial charge in [-0.2, -0.15) is 0 Å². The van der Waals surface area contributed by atoms with Crippen LogP contribution >= 0.6 is 27.3 Å². The van der Waals surface area contributed by atoms with Gasteiger partial charge in [0.2, 0.25) is 0 Å². The molecule has 0 aliphatic heterocycles. The summed E-state index contributed by atoms with van der Waals surface area (Å²) in [6, 6.07) is 2.05. The fourth-order valence-electron chi connectivity index (χ4n) is 1.78. The fourth-order valence-corrected chi connectivity index (χ4v) is 3.39. The van der Waals surface area contributed by atoms with Gasteiger partial charge in [0.25, 0.3) is 0 Å². The van der Waals surface area contributed by atoms with Crippen molar-refractivity contribution < 1.29 is 0 Å². The Morgan fingerprint density at radius 2 is 1.95 bits per heavy atom. The van der Waals surface area contributed by atoms with Gasteiger partial charge in [0.1, 0.15) is 11.6 Å². The molecule has 19 heavy (non-hydrogen) atoms. The van der Waals surface area contributed by atoms with Crippen molar-refractivity contribution >= 4 is 33.1 Å². The van der Waals surface area contributed by atoms with E-state index < -0.39 is 0 Å². The van der Waals surface area contributed by atoms with Crippen LogP contribution in [0.2, 0.25) is 0 Å². The maximum Gasteiger partial charge on any atom is 0.136 e. The summed E-state index contributed by atoms with van der Waals surface area (Å²) in [4.78, 5) is 10.6. The highest BCUT2D eigenvalue weighted by atomic mass is 79.9. The molecule has 2 aromatic rings. The van der Waals surface area contributed by atoms with E-state index >= 15 is 0 Å². The monoisotopic (exact) mass is 339 g/mol. The molecule has 2 rings (SSSR count). The summed E-state index contributed by atoms with van der Waals surface area (Å²) < 4.78 is 1.08. The standard InChI is InChI=1S/C14H18BrN3S/c1-8-10(11-9(15)6-7-19-11)17-13(14(2,3)4)18-12(8)16-5/h6-7H,1-5H3,(H,16,17,18). The average molecular weight is 340 g/mol. The first-order chi connectivity index (χ1) is 8.84. The van der Waals surface area contributed by atoms with Crippen LogP contribution in [-0.2, 0) is 5.41 Å². The van der Waals surface area contributed by atoms with Crippen molar-refractivity contribution in [3.05, 3.63) is 27.3 Å². The van der Waals surface area contributed by atoms with E-state index in [2.05, 4.69) is 65.4 Å². The number of nitrogens with one attached hydrogen (secondary N) is 1. The first-order valence-corrected chi connectivity index (χ1v) is 7.82. The number of halogens is 1. The molecule has 2 heterocycles. The second kappa shape index (κ2) is 5.21. The number of hydrogen-bond donors (Lipinski definition) is 1. The first kappa shape index (κ1) is 14.5. The molecule has 0 aliphatic rings. The summed E-state index contributed by atoms with van der Waals surface area (Å²) in [6.07, 6.45) is 0. The smallest absolute Gasteiger partial charge is 0.136 e. The summed E-state index contributed by atoms with van der Waals surface area (Å²) in [5, 5.41) is 5.23. The maximum atomic E-state index is 4.78. The number of thiophene rings is 1. The normalized spacial score (nSPS) is 11.7. The van der Waals surface area contributed by atoms with Gasteiger partial charge in [0.05, 0.1) is 10.6 Å². The van der Waals surface area contributed by atoms with E-state index in [9.17, 15) is 0 Å². The van der Waals surface area contributed by atoms with Crippen molar-refractivity contribution in [3.8, 4) is 10.6 Å². The molecule has 0 atom stereocenters. The largest absolute Gasteiger partial charge is 0.373 e. The quantitative estimate of drug-likeness (QED) is 0.867. The lowest BCUT2D eigenvalue weighted by Crippen LogP contribution is -2.18. The Balaban J connectivity index is 2.70. The van der Waals surface area contributed by atoms with Crippen molar-refractivity contribution in [3.63, 3.8) is 0 Å². The molecule has 0 amide bonds. The van der Waals surface area contributed by atoms with Gasteiger partial charge in [-0.3, -0.25) is 0 Å². The minimum absolute atomic E-state index is 0.0716. The van der Waals surface area contributed by atoms with Crippen LogP contribution < -0.4 is 5.32 Å². The zero-order valence-electron chi connectivity index (χ0n) is 11.8. The minimum Gasteiger partial charge on any atom is -0.373 e. The summed E-state index contributed by atoms with van der Waals surface area (Å²) >= 11 is 5.28. The van der Waals surface area contributed by atoms with E-state index in [4.69, 9.17) is 4.98 Å². The molecule has 3 nitrogen and oxygen atoms in total. The summed E-state index contributed by atoms with van der Waals surface area (Å²) in [5.41, 5.74) is 2.02. The topological polar surface area (TPSA) is 37.8 Å². The third-order valence-electron chi connectivity index (χ3n) is 2.89. The van der Waals surface area contributed by atoms with Gasteiger partial charge < -0.3 is 5.32 Å². The number of rotatable bonds is 2. The summed E-state index contributed by atoms with van der Waals surface area (Å²) in [5.74, 6) is 1.76. The molecular weight excluding hydrogens is 322 g/mol. The van der Waals surface area contributed by atoms with Gasteiger partial charge in [-0.25, -0.2) is 9.97 Å². The van der Waals surface area contributed by atoms with Gasteiger partial charge in [0.15, 0.2) is 0 Å². The second-order valence-electron chi connectivity index (χ2n) is 5.47. The van der Waals surface area contributed by atoms with Gasteiger partial charge in [-0.1, -0.05) is 20.8 Å². The predicted octanol–water partition coefficient (Wildman–Crippen LogP) is 4.62. The maximum absolute atomic E-state index is 4.78. The molecule has 0 saturated carbocycles. The van der Waals surface area contributed by atoms with E-state index in [1.165, 1.54) is 0 Å². The van der Waals surface area contributed by atoms with Crippen LogP contribution in [0.4, 0.5) is 5.82 Å². The van der Waals surface area contributed by atoms with Crippen molar-refractivity contribution in [2.75, 3.05) is 12.4 Å². The summed E-state index contributed by atoms with van der Waals surface area (Å²) in [6.45, 7) is 8.44. The summed E-state index contributed by atoms with van der Waals surface area (Å²) in [7, 11) is 1.90. The molecule has 0 aromatic carbocycles. The molecule has 0 bridgehead atoms.